The number of nitrogens with zero attached hydrogens (tertiary/aromatic N) is 1. The maximum absolute atomic E-state index is 6.05. The van der Waals surface area contributed by atoms with Crippen LogP contribution in [0, 0.1) is 11.8 Å². The van der Waals surface area contributed by atoms with Crippen LogP contribution in [0.25, 0.3) is 0 Å². The summed E-state index contributed by atoms with van der Waals surface area (Å²) in [6, 6.07) is 0. The van der Waals surface area contributed by atoms with Gasteiger partial charge >= 0.3 is 0 Å². The van der Waals surface area contributed by atoms with Gasteiger partial charge in [-0.25, -0.2) is 0 Å². The van der Waals surface area contributed by atoms with Gasteiger partial charge in [0.25, 0.3) is 0 Å². The second kappa shape index (κ2) is 6.75. The Kier molecular flexibility index (Phi) is 5.94. The smallest absolute Gasteiger partial charge is 0.0303 e. The molecule has 1 fully saturated rings. The van der Waals surface area contributed by atoms with E-state index in [-0.39, 0.29) is 5.54 Å². The normalized spacial score (nSPS) is 25.4. The predicted octanol–water partition coefficient (Wildman–Crippen LogP) is 3.26. The van der Waals surface area contributed by atoms with Crippen molar-refractivity contribution in [1.82, 2.24) is 4.90 Å². The third kappa shape index (κ3) is 4.26. The van der Waals surface area contributed by atoms with Crippen molar-refractivity contribution in [2.45, 2.75) is 65.3 Å². The van der Waals surface area contributed by atoms with E-state index in [2.05, 4.69) is 32.6 Å². The van der Waals surface area contributed by atoms with E-state index in [0.29, 0.717) is 0 Å². The van der Waals surface area contributed by atoms with Gasteiger partial charge in [0.1, 0.15) is 0 Å². The second-order valence-electron chi connectivity index (χ2n) is 6.52. The van der Waals surface area contributed by atoms with Crippen LogP contribution in [0.4, 0.5) is 0 Å². The summed E-state index contributed by atoms with van der Waals surface area (Å²) >= 11 is 0. The van der Waals surface area contributed by atoms with Crippen LogP contribution >= 0.6 is 0 Å². The van der Waals surface area contributed by atoms with E-state index in [1.54, 1.807) is 0 Å². The van der Waals surface area contributed by atoms with Crippen LogP contribution in [0.3, 0.4) is 0 Å². The average Bonchev–Trinajstić information content (AvgIpc) is 2.75. The highest BCUT2D eigenvalue weighted by Gasteiger charge is 2.35. The lowest BCUT2D eigenvalue weighted by Crippen LogP contribution is -2.50. The van der Waals surface area contributed by atoms with Crippen molar-refractivity contribution in [2.24, 2.45) is 17.6 Å². The maximum Gasteiger partial charge on any atom is 0.0303 e. The Morgan fingerprint density at radius 2 is 2.12 bits per heavy atom. The summed E-state index contributed by atoms with van der Waals surface area (Å²) in [5, 5.41) is 0. The van der Waals surface area contributed by atoms with Crippen LogP contribution in [0.15, 0.2) is 0 Å². The van der Waals surface area contributed by atoms with Crippen molar-refractivity contribution in [3.05, 3.63) is 0 Å². The topological polar surface area (TPSA) is 29.3 Å². The molecule has 0 aromatic rings. The van der Waals surface area contributed by atoms with Crippen molar-refractivity contribution in [3.63, 3.8) is 0 Å². The lowest BCUT2D eigenvalue weighted by molar-refractivity contribution is 0.119. The van der Waals surface area contributed by atoms with Gasteiger partial charge in [0.05, 0.1) is 0 Å². The molecule has 1 heterocycles. The molecule has 2 atom stereocenters. The molecule has 0 aliphatic carbocycles. The van der Waals surface area contributed by atoms with Crippen molar-refractivity contribution in [1.29, 1.82) is 0 Å². The molecule has 0 amide bonds. The molecular weight excluding hydrogens is 208 g/mol. The zero-order valence-corrected chi connectivity index (χ0v) is 12.3. The van der Waals surface area contributed by atoms with Crippen LogP contribution < -0.4 is 5.73 Å². The summed E-state index contributed by atoms with van der Waals surface area (Å²) in [5.74, 6) is 1.71. The third-order valence-corrected chi connectivity index (χ3v) is 4.45. The molecule has 1 saturated heterocycles. The van der Waals surface area contributed by atoms with Gasteiger partial charge in [0.15, 0.2) is 0 Å². The van der Waals surface area contributed by atoms with E-state index in [1.807, 2.05) is 0 Å². The van der Waals surface area contributed by atoms with E-state index in [4.69, 9.17) is 5.73 Å². The lowest BCUT2D eigenvalue weighted by atomic mass is 9.90. The van der Waals surface area contributed by atoms with Crippen LogP contribution in [0.5, 0.6) is 0 Å². The molecule has 1 aliphatic heterocycles. The van der Waals surface area contributed by atoms with Gasteiger partial charge < -0.3 is 5.73 Å². The summed E-state index contributed by atoms with van der Waals surface area (Å²) < 4.78 is 0. The van der Waals surface area contributed by atoms with E-state index >= 15 is 0 Å². The lowest BCUT2D eigenvalue weighted by Gasteiger charge is -2.39. The molecule has 17 heavy (non-hydrogen) atoms. The standard InChI is InChI=1S/C15H32N2/c1-5-6-14-8-10-17(11-14)15(4,12-16)9-7-13(2)3/h13-14H,5-12,16H2,1-4H3. The van der Waals surface area contributed by atoms with E-state index < -0.39 is 0 Å². The SMILES string of the molecule is CCCC1CCN(C(C)(CN)CCC(C)C)C1. The Bertz CT molecular complexity index is 215. The molecule has 102 valence electrons. The largest absolute Gasteiger partial charge is 0.329 e. The highest BCUT2D eigenvalue weighted by Crippen LogP contribution is 2.30. The van der Waals surface area contributed by atoms with Crippen LogP contribution in [0.2, 0.25) is 0 Å². The second-order valence-corrected chi connectivity index (χ2v) is 6.52. The number of rotatable bonds is 7. The van der Waals surface area contributed by atoms with Gasteiger partial charge in [0.2, 0.25) is 0 Å². The Morgan fingerprint density at radius 3 is 2.65 bits per heavy atom. The molecule has 0 spiro atoms. The molecule has 1 rings (SSSR count). The molecule has 2 N–H and O–H groups in total. The van der Waals surface area contributed by atoms with Gasteiger partial charge in [-0.15, -0.1) is 0 Å². The highest BCUT2D eigenvalue weighted by atomic mass is 15.2. The quantitative estimate of drug-likeness (QED) is 0.740. The Balaban J connectivity index is 2.49. The minimum Gasteiger partial charge on any atom is -0.329 e. The van der Waals surface area contributed by atoms with Crippen molar-refractivity contribution >= 4 is 0 Å². The number of likely N-dealkylation sites (tertiary alicyclic amines) is 1. The first-order chi connectivity index (χ1) is 8.01. The summed E-state index contributed by atoms with van der Waals surface area (Å²) in [6.45, 7) is 12.6. The van der Waals surface area contributed by atoms with E-state index in [0.717, 1.165) is 18.4 Å². The fraction of sp³-hybridized carbons (Fsp3) is 1.00. The molecule has 2 nitrogen and oxygen atoms in total. The van der Waals surface area contributed by atoms with E-state index in [9.17, 15) is 0 Å². The molecule has 2 heteroatoms. The molecule has 1 aliphatic rings. The van der Waals surface area contributed by atoms with Crippen LogP contribution in [-0.4, -0.2) is 30.1 Å². The first kappa shape index (κ1) is 15.0. The van der Waals surface area contributed by atoms with Gasteiger partial charge in [-0.05, 0) is 51.0 Å². The van der Waals surface area contributed by atoms with E-state index in [1.165, 1.54) is 45.2 Å². The van der Waals surface area contributed by atoms with Gasteiger partial charge in [-0.1, -0.05) is 27.2 Å². The van der Waals surface area contributed by atoms with Gasteiger partial charge in [-0.3, -0.25) is 4.90 Å². The Labute approximate surface area is 108 Å². The minimum atomic E-state index is 0.243. The number of nitrogens with two attached hydrogens (primary N) is 1. The minimum absolute atomic E-state index is 0.243. The summed E-state index contributed by atoms with van der Waals surface area (Å²) in [6.07, 6.45) is 6.64. The molecule has 0 saturated carbocycles. The van der Waals surface area contributed by atoms with Crippen molar-refractivity contribution in [3.8, 4) is 0 Å². The molecule has 0 bridgehead atoms. The fourth-order valence-corrected chi connectivity index (χ4v) is 2.96. The zero-order valence-electron chi connectivity index (χ0n) is 12.3. The molecular formula is C15H32N2. The van der Waals surface area contributed by atoms with Gasteiger partial charge in [-0.2, -0.15) is 0 Å². The van der Waals surface area contributed by atoms with Crippen molar-refractivity contribution in [2.75, 3.05) is 19.6 Å². The highest BCUT2D eigenvalue weighted by molar-refractivity contribution is 4.92. The third-order valence-electron chi connectivity index (χ3n) is 4.45. The summed E-state index contributed by atoms with van der Waals surface area (Å²) in [5.41, 5.74) is 6.29. The average molecular weight is 240 g/mol. The monoisotopic (exact) mass is 240 g/mol. The Hall–Kier alpha value is -0.0800. The predicted molar refractivity (Wildman–Crippen MR) is 76.1 cm³/mol. The summed E-state index contributed by atoms with van der Waals surface area (Å²) in [4.78, 5) is 2.66. The number of hydrogen-bond acceptors (Lipinski definition) is 2. The fourth-order valence-electron chi connectivity index (χ4n) is 2.96. The van der Waals surface area contributed by atoms with Crippen molar-refractivity contribution < 1.29 is 0 Å². The van der Waals surface area contributed by atoms with Gasteiger partial charge in [0, 0.05) is 18.6 Å². The number of hydrogen-bond donors (Lipinski definition) is 1. The Morgan fingerprint density at radius 1 is 1.41 bits per heavy atom. The zero-order chi connectivity index (χ0) is 12.9. The summed E-state index contributed by atoms with van der Waals surface area (Å²) in [7, 11) is 0. The first-order valence-corrected chi connectivity index (χ1v) is 7.47. The van der Waals surface area contributed by atoms with Crippen LogP contribution in [0.1, 0.15) is 59.8 Å². The maximum atomic E-state index is 6.05. The first-order valence-electron chi connectivity index (χ1n) is 7.47. The van der Waals surface area contributed by atoms with Crippen LogP contribution in [-0.2, 0) is 0 Å². The molecule has 0 radical (unpaired) electrons. The molecule has 0 aromatic heterocycles. The molecule has 0 aromatic carbocycles. The molecule has 2 unspecified atom stereocenters.